The van der Waals surface area contributed by atoms with Crippen molar-refractivity contribution in [2.45, 2.75) is 64.9 Å². The van der Waals surface area contributed by atoms with Gasteiger partial charge < -0.3 is 19.8 Å². The Kier molecular flexibility index (Phi) is 5.29. The zero-order valence-corrected chi connectivity index (χ0v) is 18.4. The van der Waals surface area contributed by atoms with Gasteiger partial charge >= 0.3 is 0 Å². The average Bonchev–Trinajstić information content (AvgIpc) is 3.06. The number of carbonyl (C=O) groups is 1. The van der Waals surface area contributed by atoms with Crippen molar-refractivity contribution in [1.82, 2.24) is 10.3 Å². The number of amides is 1. The van der Waals surface area contributed by atoms with Crippen LogP contribution in [0, 0.1) is 13.8 Å². The molecule has 1 spiro atoms. The summed E-state index contributed by atoms with van der Waals surface area (Å²) in [6.45, 7) is 5.82. The minimum absolute atomic E-state index is 0.154. The number of nitrogens with one attached hydrogen (secondary N) is 2. The van der Waals surface area contributed by atoms with Crippen LogP contribution in [-0.2, 0) is 11.3 Å². The molecule has 29 heavy (non-hydrogen) atoms. The van der Waals surface area contributed by atoms with Crippen molar-refractivity contribution >= 4 is 21.8 Å². The lowest BCUT2D eigenvalue weighted by Gasteiger charge is -2.39. The number of pyridine rings is 1. The van der Waals surface area contributed by atoms with Gasteiger partial charge in [-0.3, -0.25) is 9.59 Å². The number of hydrogen-bond donors (Lipinski definition) is 2. The van der Waals surface area contributed by atoms with E-state index in [1.54, 1.807) is 6.07 Å². The first kappa shape index (κ1) is 20.2. The van der Waals surface area contributed by atoms with E-state index < -0.39 is 5.79 Å². The van der Waals surface area contributed by atoms with Gasteiger partial charge in [0, 0.05) is 46.2 Å². The largest absolute Gasteiger partial charge is 0.462 e. The van der Waals surface area contributed by atoms with Gasteiger partial charge in [-0.15, -0.1) is 0 Å². The minimum Gasteiger partial charge on any atom is -0.462 e. The molecule has 2 aliphatic rings. The molecule has 2 N–H and O–H groups in total. The highest BCUT2D eigenvalue weighted by Crippen LogP contribution is 2.47. The lowest BCUT2D eigenvalue weighted by atomic mass is 9.98. The Hall–Kier alpha value is -2.12. The second-order valence-electron chi connectivity index (χ2n) is 7.97. The third kappa shape index (κ3) is 3.85. The lowest BCUT2D eigenvalue weighted by Crippen LogP contribution is -2.41. The predicted octanol–water partition coefficient (Wildman–Crippen LogP) is 4.42. The monoisotopic (exact) mass is 460 g/mol. The number of aromatic nitrogens is 1. The number of carbonyl (C=O) groups excluding carboxylic acids is 1. The van der Waals surface area contributed by atoms with Crippen LogP contribution in [0.4, 0.5) is 0 Å². The van der Waals surface area contributed by atoms with E-state index in [0.29, 0.717) is 16.9 Å². The lowest BCUT2D eigenvalue weighted by molar-refractivity contribution is -0.221. The number of ether oxygens (including phenoxy) is 2. The fraction of sp³-hybridized carbons (Fsp3) is 0.455. The molecule has 6 nitrogen and oxygen atoms in total. The van der Waals surface area contributed by atoms with Crippen molar-refractivity contribution < 1.29 is 14.3 Å². The summed E-state index contributed by atoms with van der Waals surface area (Å²) in [5.74, 6) is -0.148. The zero-order chi connectivity index (χ0) is 20.8. The molecule has 1 atom stereocenters. The third-order valence-corrected chi connectivity index (χ3v) is 6.19. The van der Waals surface area contributed by atoms with Crippen molar-refractivity contribution in [2.24, 2.45) is 0 Å². The number of hydrogen-bond acceptors (Lipinski definition) is 4. The quantitative estimate of drug-likeness (QED) is 0.709. The Balaban J connectivity index is 1.62. The van der Waals surface area contributed by atoms with Crippen molar-refractivity contribution in [1.29, 1.82) is 0 Å². The number of fused-ring (bicyclic) bond motifs is 1. The summed E-state index contributed by atoms with van der Waals surface area (Å²) in [7, 11) is 0. The number of rotatable bonds is 3. The second-order valence-corrected chi connectivity index (χ2v) is 8.89. The molecule has 1 aromatic carbocycles. The molecule has 1 saturated carbocycles. The van der Waals surface area contributed by atoms with E-state index >= 15 is 0 Å². The number of H-pyrrole nitrogens is 1. The summed E-state index contributed by atoms with van der Waals surface area (Å²) in [6.07, 6.45) is 3.62. The van der Waals surface area contributed by atoms with Crippen molar-refractivity contribution in [3.05, 3.63) is 61.0 Å². The molecule has 0 bridgehead atoms. The summed E-state index contributed by atoms with van der Waals surface area (Å²) >= 11 is 3.50. The maximum absolute atomic E-state index is 13.0. The highest BCUT2D eigenvalue weighted by atomic mass is 79.9. The third-order valence-electron chi connectivity index (χ3n) is 5.73. The van der Waals surface area contributed by atoms with Crippen LogP contribution < -0.4 is 15.6 Å². The van der Waals surface area contributed by atoms with Gasteiger partial charge in [-0.25, -0.2) is 0 Å². The molecule has 1 aliphatic carbocycles. The van der Waals surface area contributed by atoms with Gasteiger partial charge in [0.15, 0.2) is 0 Å². The fourth-order valence-electron chi connectivity index (χ4n) is 4.39. The maximum atomic E-state index is 13.0. The van der Waals surface area contributed by atoms with Crippen molar-refractivity contribution in [3.8, 4) is 5.75 Å². The number of benzene rings is 1. The van der Waals surface area contributed by atoms with E-state index in [9.17, 15) is 9.59 Å². The summed E-state index contributed by atoms with van der Waals surface area (Å²) < 4.78 is 13.3. The molecule has 1 unspecified atom stereocenters. The number of aromatic amines is 1. The Morgan fingerprint density at radius 1 is 1.28 bits per heavy atom. The summed E-state index contributed by atoms with van der Waals surface area (Å²) in [6, 6.07) is 5.57. The highest BCUT2D eigenvalue weighted by molar-refractivity contribution is 9.10. The van der Waals surface area contributed by atoms with E-state index in [2.05, 4.69) is 26.2 Å². The van der Waals surface area contributed by atoms with Crippen LogP contribution in [0.25, 0.3) is 0 Å². The molecule has 4 rings (SSSR count). The van der Waals surface area contributed by atoms with Crippen LogP contribution in [0.1, 0.15) is 71.5 Å². The molecule has 1 aliphatic heterocycles. The molecule has 1 amide bonds. The maximum Gasteiger partial charge on any atom is 0.253 e. The van der Waals surface area contributed by atoms with Gasteiger partial charge in [-0.2, -0.15) is 0 Å². The SMILES string of the molecule is Cc1cc(C)c(CNC(=O)c2cc(Br)cc3c2C(C)OC2(CCCC2)O3)c(=O)[nH]1. The highest BCUT2D eigenvalue weighted by Gasteiger charge is 2.44. The number of halogens is 1. The molecular weight excluding hydrogens is 436 g/mol. The average molecular weight is 461 g/mol. The van der Waals surface area contributed by atoms with Crippen molar-refractivity contribution in [3.63, 3.8) is 0 Å². The van der Waals surface area contributed by atoms with Gasteiger partial charge in [-0.1, -0.05) is 15.9 Å². The molecule has 2 heterocycles. The first-order chi connectivity index (χ1) is 13.8. The van der Waals surface area contributed by atoms with Gasteiger partial charge in [-0.05, 0) is 57.4 Å². The van der Waals surface area contributed by atoms with E-state index in [-0.39, 0.29) is 24.1 Å². The van der Waals surface area contributed by atoms with E-state index in [1.165, 1.54) is 0 Å². The van der Waals surface area contributed by atoms with E-state index in [1.807, 2.05) is 32.9 Å². The van der Waals surface area contributed by atoms with Crippen LogP contribution in [0.2, 0.25) is 0 Å². The standard InChI is InChI=1S/C22H25BrN2O4/c1-12-8-13(2)25-21(27)17(12)11-24-20(26)16-9-15(23)10-18-19(16)14(3)28-22(29-18)6-4-5-7-22/h8-10,14H,4-7,11H2,1-3H3,(H,24,26)(H,25,27). The molecular formula is C22H25BrN2O4. The summed E-state index contributed by atoms with van der Waals surface area (Å²) in [5, 5.41) is 2.88. The molecule has 0 saturated heterocycles. The molecule has 1 aromatic heterocycles. The van der Waals surface area contributed by atoms with Crippen molar-refractivity contribution in [2.75, 3.05) is 0 Å². The Labute approximate surface area is 178 Å². The first-order valence-corrected chi connectivity index (χ1v) is 10.8. The molecule has 1 fully saturated rings. The molecule has 154 valence electrons. The van der Waals surface area contributed by atoms with Gasteiger partial charge in [0.1, 0.15) is 5.75 Å². The smallest absolute Gasteiger partial charge is 0.253 e. The second kappa shape index (κ2) is 7.61. The van der Waals surface area contributed by atoms with Crippen LogP contribution >= 0.6 is 15.9 Å². The van der Waals surface area contributed by atoms with Gasteiger partial charge in [0.2, 0.25) is 5.79 Å². The molecule has 7 heteroatoms. The predicted molar refractivity (Wildman–Crippen MR) is 113 cm³/mol. The first-order valence-electron chi connectivity index (χ1n) is 9.96. The van der Waals surface area contributed by atoms with Crippen LogP contribution in [0.3, 0.4) is 0 Å². The van der Waals surface area contributed by atoms with Crippen LogP contribution in [0.15, 0.2) is 27.5 Å². The van der Waals surface area contributed by atoms with E-state index in [0.717, 1.165) is 47.0 Å². The normalized spacial score (nSPS) is 19.7. The van der Waals surface area contributed by atoms with Crippen LogP contribution in [-0.4, -0.2) is 16.7 Å². The topological polar surface area (TPSA) is 80.4 Å². The van der Waals surface area contributed by atoms with Gasteiger partial charge in [0.05, 0.1) is 6.10 Å². The van der Waals surface area contributed by atoms with Gasteiger partial charge in [0.25, 0.3) is 11.5 Å². The minimum atomic E-state index is -0.576. The van der Waals surface area contributed by atoms with E-state index in [4.69, 9.17) is 9.47 Å². The fourth-order valence-corrected chi connectivity index (χ4v) is 4.83. The molecule has 2 aromatic rings. The van der Waals surface area contributed by atoms with Crippen LogP contribution in [0.5, 0.6) is 5.75 Å². The Morgan fingerprint density at radius 2 is 2.00 bits per heavy atom. The number of aryl methyl sites for hydroxylation is 2. The molecule has 0 radical (unpaired) electrons. The Bertz CT molecular complexity index is 1020. The summed E-state index contributed by atoms with van der Waals surface area (Å²) in [5.41, 5.74) is 3.27. The Morgan fingerprint density at radius 3 is 2.69 bits per heavy atom. The summed E-state index contributed by atoms with van der Waals surface area (Å²) in [4.78, 5) is 28.1. The zero-order valence-electron chi connectivity index (χ0n) is 16.9.